The molecule has 1 aliphatic heterocycles. The zero-order valence-corrected chi connectivity index (χ0v) is 14.1. The van der Waals surface area contributed by atoms with Crippen LogP contribution in [-0.4, -0.2) is 31.1 Å². The first-order valence-electron chi connectivity index (χ1n) is 6.78. The van der Waals surface area contributed by atoms with Crippen molar-refractivity contribution in [2.24, 2.45) is 0 Å². The zero-order valence-electron chi connectivity index (χ0n) is 11.7. The molecule has 0 spiro atoms. The zero-order chi connectivity index (χ0) is 14.8. The lowest BCUT2D eigenvalue weighted by Gasteiger charge is -2.35. The summed E-state index contributed by atoms with van der Waals surface area (Å²) in [4.78, 5) is 2.14. The maximum atomic E-state index is 14.3. The summed E-state index contributed by atoms with van der Waals surface area (Å²) in [6.45, 7) is 3.20. The molecule has 0 radical (unpaired) electrons. The molecule has 1 N–H and O–H groups in total. The van der Waals surface area contributed by atoms with Crippen LogP contribution in [-0.2, 0) is 0 Å². The van der Waals surface area contributed by atoms with Crippen molar-refractivity contribution in [2.75, 3.05) is 26.2 Å². The summed E-state index contributed by atoms with van der Waals surface area (Å²) in [7, 11) is 0. The predicted molar refractivity (Wildman–Crippen MR) is 89.2 cm³/mol. The fourth-order valence-corrected chi connectivity index (χ4v) is 3.66. The average Bonchev–Trinajstić information content (AvgIpc) is 3.02. The first-order valence-corrected chi connectivity index (χ1v) is 8.11. The lowest BCUT2D eigenvalue weighted by Crippen LogP contribution is -2.45. The molecule has 0 saturated carbocycles. The first-order chi connectivity index (χ1) is 10.2. The highest BCUT2D eigenvalue weighted by atomic mass is 35.5. The van der Waals surface area contributed by atoms with Gasteiger partial charge in [0.05, 0.1) is 11.1 Å². The van der Waals surface area contributed by atoms with Crippen LogP contribution in [0, 0.1) is 11.6 Å². The van der Waals surface area contributed by atoms with E-state index < -0.39 is 11.6 Å². The van der Waals surface area contributed by atoms with Gasteiger partial charge in [-0.1, -0.05) is 11.6 Å². The maximum Gasteiger partial charge on any atom is 0.142 e. The molecule has 1 aliphatic rings. The SMILES string of the molecule is Cl.Fc1ccc(F)c([C@@H](c2ccsc2)N2CCNCC2)c1Cl. The Morgan fingerprint density at radius 1 is 1.14 bits per heavy atom. The molecule has 2 heterocycles. The number of nitrogens with one attached hydrogen (secondary N) is 1. The third kappa shape index (κ3) is 3.44. The highest BCUT2D eigenvalue weighted by molar-refractivity contribution is 7.08. The summed E-state index contributed by atoms with van der Waals surface area (Å²) in [6, 6.07) is 3.82. The molecule has 7 heteroatoms. The fraction of sp³-hybridized carbons (Fsp3) is 0.333. The van der Waals surface area contributed by atoms with E-state index in [4.69, 9.17) is 11.6 Å². The van der Waals surface area contributed by atoms with E-state index in [0.717, 1.165) is 43.9 Å². The van der Waals surface area contributed by atoms with Crippen molar-refractivity contribution < 1.29 is 8.78 Å². The average molecular weight is 365 g/mol. The van der Waals surface area contributed by atoms with Crippen LogP contribution in [0.3, 0.4) is 0 Å². The largest absolute Gasteiger partial charge is 0.314 e. The van der Waals surface area contributed by atoms with Crippen molar-refractivity contribution in [1.82, 2.24) is 10.2 Å². The highest BCUT2D eigenvalue weighted by Gasteiger charge is 2.29. The van der Waals surface area contributed by atoms with Crippen LogP contribution in [0.25, 0.3) is 0 Å². The second-order valence-electron chi connectivity index (χ2n) is 5.00. The van der Waals surface area contributed by atoms with Gasteiger partial charge in [0.2, 0.25) is 0 Å². The predicted octanol–water partition coefficient (Wildman–Crippen LogP) is 4.10. The highest BCUT2D eigenvalue weighted by Crippen LogP contribution is 2.37. The molecule has 1 fully saturated rings. The van der Waals surface area contributed by atoms with Crippen molar-refractivity contribution in [1.29, 1.82) is 0 Å². The van der Waals surface area contributed by atoms with Gasteiger partial charge < -0.3 is 5.32 Å². The van der Waals surface area contributed by atoms with Gasteiger partial charge in [-0.15, -0.1) is 12.4 Å². The molecular formula is C15H16Cl2F2N2S. The Balaban J connectivity index is 0.00000176. The molecule has 0 amide bonds. The number of hydrogen-bond acceptors (Lipinski definition) is 3. The van der Waals surface area contributed by atoms with Crippen LogP contribution >= 0.6 is 35.3 Å². The summed E-state index contributed by atoms with van der Waals surface area (Å²) in [5.41, 5.74) is 1.19. The van der Waals surface area contributed by atoms with Crippen molar-refractivity contribution in [3.8, 4) is 0 Å². The monoisotopic (exact) mass is 364 g/mol. The summed E-state index contributed by atoms with van der Waals surface area (Å²) in [5.74, 6) is -1.04. The molecule has 120 valence electrons. The molecule has 22 heavy (non-hydrogen) atoms. The van der Waals surface area contributed by atoms with Gasteiger partial charge in [-0.05, 0) is 34.5 Å². The number of piperazine rings is 1. The summed E-state index contributed by atoms with van der Waals surface area (Å²) in [6.07, 6.45) is 0. The van der Waals surface area contributed by atoms with Crippen LogP contribution in [0.2, 0.25) is 5.02 Å². The summed E-state index contributed by atoms with van der Waals surface area (Å²) in [5, 5.41) is 7.05. The van der Waals surface area contributed by atoms with E-state index in [0.29, 0.717) is 0 Å². The normalized spacial score (nSPS) is 17.0. The van der Waals surface area contributed by atoms with E-state index in [2.05, 4.69) is 10.2 Å². The van der Waals surface area contributed by atoms with Gasteiger partial charge in [0, 0.05) is 31.7 Å². The van der Waals surface area contributed by atoms with Gasteiger partial charge in [0.25, 0.3) is 0 Å². The van der Waals surface area contributed by atoms with Crippen LogP contribution < -0.4 is 5.32 Å². The van der Waals surface area contributed by atoms with Gasteiger partial charge in [-0.2, -0.15) is 11.3 Å². The lowest BCUT2D eigenvalue weighted by molar-refractivity contribution is 0.195. The Morgan fingerprint density at radius 2 is 1.82 bits per heavy atom. The minimum atomic E-state index is -0.580. The van der Waals surface area contributed by atoms with E-state index in [1.54, 1.807) is 11.3 Å². The minimum absolute atomic E-state index is 0. The number of rotatable bonds is 3. The van der Waals surface area contributed by atoms with Gasteiger partial charge >= 0.3 is 0 Å². The molecule has 3 rings (SSSR count). The van der Waals surface area contributed by atoms with Crippen molar-refractivity contribution >= 4 is 35.3 Å². The van der Waals surface area contributed by atoms with Gasteiger partial charge in [-0.25, -0.2) is 8.78 Å². The number of thiophene rings is 1. The van der Waals surface area contributed by atoms with E-state index in [9.17, 15) is 8.78 Å². The van der Waals surface area contributed by atoms with Crippen LogP contribution in [0.5, 0.6) is 0 Å². The molecule has 1 aromatic heterocycles. The number of benzene rings is 1. The van der Waals surface area contributed by atoms with E-state index >= 15 is 0 Å². The van der Waals surface area contributed by atoms with Crippen molar-refractivity contribution in [3.05, 3.63) is 56.7 Å². The number of nitrogens with zero attached hydrogens (tertiary/aromatic N) is 1. The molecule has 0 aliphatic carbocycles. The van der Waals surface area contributed by atoms with E-state index in [-0.39, 0.29) is 29.0 Å². The number of halogens is 4. The second-order valence-corrected chi connectivity index (χ2v) is 6.16. The first kappa shape index (κ1) is 17.6. The van der Waals surface area contributed by atoms with Gasteiger partial charge in [0.1, 0.15) is 11.6 Å². The molecular weight excluding hydrogens is 349 g/mol. The summed E-state index contributed by atoms with van der Waals surface area (Å²) < 4.78 is 28.1. The summed E-state index contributed by atoms with van der Waals surface area (Å²) >= 11 is 7.62. The minimum Gasteiger partial charge on any atom is -0.314 e. The smallest absolute Gasteiger partial charge is 0.142 e. The number of hydrogen-bond donors (Lipinski definition) is 1. The quantitative estimate of drug-likeness (QED) is 0.824. The molecule has 1 aromatic carbocycles. The third-order valence-electron chi connectivity index (χ3n) is 3.73. The van der Waals surface area contributed by atoms with Crippen LogP contribution in [0.15, 0.2) is 29.0 Å². The van der Waals surface area contributed by atoms with Gasteiger partial charge in [-0.3, -0.25) is 4.90 Å². The lowest BCUT2D eigenvalue weighted by atomic mass is 9.98. The van der Waals surface area contributed by atoms with Crippen LogP contribution in [0.4, 0.5) is 8.78 Å². The Labute approximate surface area is 143 Å². The Morgan fingerprint density at radius 3 is 2.45 bits per heavy atom. The maximum absolute atomic E-state index is 14.3. The Hall–Kier alpha value is -0.720. The Bertz CT molecular complexity index is 616. The molecule has 1 saturated heterocycles. The van der Waals surface area contributed by atoms with Crippen molar-refractivity contribution in [2.45, 2.75) is 6.04 Å². The van der Waals surface area contributed by atoms with E-state index in [1.165, 1.54) is 0 Å². The standard InChI is InChI=1S/C15H15ClF2N2S.ClH/c16-14-12(18)2-1-11(17)13(14)15(10-3-8-21-9-10)20-6-4-19-5-7-20;/h1-3,8-9,15,19H,4-7H2;1H/t15-;/m1./s1. The molecule has 1 atom stereocenters. The van der Waals surface area contributed by atoms with Crippen molar-refractivity contribution in [3.63, 3.8) is 0 Å². The second kappa shape index (κ2) is 7.70. The topological polar surface area (TPSA) is 15.3 Å². The third-order valence-corrected chi connectivity index (χ3v) is 4.81. The molecule has 2 nitrogen and oxygen atoms in total. The van der Waals surface area contributed by atoms with Gasteiger partial charge in [0.15, 0.2) is 0 Å². The van der Waals surface area contributed by atoms with E-state index in [1.807, 2.05) is 16.8 Å². The molecule has 2 aromatic rings. The van der Waals surface area contributed by atoms with Crippen LogP contribution in [0.1, 0.15) is 17.2 Å². The Kier molecular flexibility index (Phi) is 6.17. The molecule has 0 unspecified atom stereocenters. The fourth-order valence-electron chi connectivity index (χ4n) is 2.72. The molecule has 0 bridgehead atoms.